The Morgan fingerprint density at radius 3 is 2.27 bits per heavy atom. The van der Waals surface area contributed by atoms with Gasteiger partial charge in [0.15, 0.2) is 0 Å². The van der Waals surface area contributed by atoms with Crippen molar-refractivity contribution in [1.82, 2.24) is 4.90 Å². The highest BCUT2D eigenvalue weighted by molar-refractivity contribution is 5.85. The standard InChI is InChI=1S/C8H8F3NO3/c1-2-3-4-12(5-6(13)14)7(15)8(9,10)11/h1H,3-5H2,(H,13,14). The lowest BCUT2D eigenvalue weighted by Crippen LogP contribution is -2.44. The number of hydrogen-bond acceptors (Lipinski definition) is 2. The Bertz CT molecular complexity index is 292. The Morgan fingerprint density at radius 2 is 1.93 bits per heavy atom. The fourth-order valence-corrected chi connectivity index (χ4v) is 0.794. The summed E-state index contributed by atoms with van der Waals surface area (Å²) in [5, 5.41) is 8.28. The maximum atomic E-state index is 11.9. The highest BCUT2D eigenvalue weighted by atomic mass is 19.4. The topological polar surface area (TPSA) is 57.6 Å². The van der Waals surface area contributed by atoms with E-state index in [9.17, 15) is 22.8 Å². The molecule has 0 atom stereocenters. The lowest BCUT2D eigenvalue weighted by molar-refractivity contribution is -0.186. The number of carboxylic acids is 1. The smallest absolute Gasteiger partial charge is 0.471 e. The second-order valence-electron chi connectivity index (χ2n) is 2.57. The number of amides is 1. The van der Waals surface area contributed by atoms with Crippen molar-refractivity contribution in [2.75, 3.05) is 13.1 Å². The molecular weight excluding hydrogens is 215 g/mol. The number of halogens is 3. The summed E-state index contributed by atoms with van der Waals surface area (Å²) < 4.78 is 35.8. The van der Waals surface area contributed by atoms with Crippen LogP contribution in [0, 0.1) is 12.3 Å². The lowest BCUT2D eigenvalue weighted by Gasteiger charge is -2.20. The minimum atomic E-state index is -5.08. The Balaban J connectivity index is 4.56. The largest absolute Gasteiger partial charge is 0.480 e. The van der Waals surface area contributed by atoms with Crippen LogP contribution in [0.3, 0.4) is 0 Å². The number of carboxylic acid groups (broad SMARTS) is 1. The molecule has 0 aliphatic rings. The number of hydrogen-bond donors (Lipinski definition) is 1. The molecule has 84 valence electrons. The van der Waals surface area contributed by atoms with Crippen LogP contribution in [-0.2, 0) is 9.59 Å². The van der Waals surface area contributed by atoms with Gasteiger partial charge in [0, 0.05) is 13.0 Å². The summed E-state index contributed by atoms with van der Waals surface area (Å²) in [7, 11) is 0. The molecule has 7 heteroatoms. The molecule has 0 rings (SSSR count). The molecule has 0 saturated heterocycles. The molecule has 0 aromatic carbocycles. The second-order valence-corrected chi connectivity index (χ2v) is 2.57. The van der Waals surface area contributed by atoms with Crippen LogP contribution in [0.25, 0.3) is 0 Å². The summed E-state index contributed by atoms with van der Waals surface area (Å²) in [5.41, 5.74) is 0. The first-order valence-electron chi connectivity index (χ1n) is 3.80. The van der Waals surface area contributed by atoms with E-state index in [4.69, 9.17) is 11.5 Å². The van der Waals surface area contributed by atoms with E-state index in [1.54, 1.807) is 0 Å². The molecule has 0 fully saturated rings. The van der Waals surface area contributed by atoms with Crippen LogP contribution < -0.4 is 0 Å². The Morgan fingerprint density at radius 1 is 1.40 bits per heavy atom. The average Bonchev–Trinajstić information content (AvgIpc) is 2.09. The maximum absolute atomic E-state index is 11.9. The number of rotatable bonds is 4. The van der Waals surface area contributed by atoms with Gasteiger partial charge in [-0.3, -0.25) is 9.59 Å². The molecular formula is C8H8F3NO3. The Labute approximate surface area is 83.7 Å². The monoisotopic (exact) mass is 223 g/mol. The van der Waals surface area contributed by atoms with Crippen LogP contribution in [0.15, 0.2) is 0 Å². The van der Waals surface area contributed by atoms with Crippen molar-refractivity contribution in [3.63, 3.8) is 0 Å². The van der Waals surface area contributed by atoms with Crippen molar-refractivity contribution >= 4 is 11.9 Å². The first-order valence-corrected chi connectivity index (χ1v) is 3.80. The number of alkyl halides is 3. The average molecular weight is 223 g/mol. The molecule has 0 radical (unpaired) electrons. The molecule has 0 spiro atoms. The van der Waals surface area contributed by atoms with Gasteiger partial charge in [-0.1, -0.05) is 0 Å². The van der Waals surface area contributed by atoms with Crippen LogP contribution >= 0.6 is 0 Å². The highest BCUT2D eigenvalue weighted by Gasteiger charge is 2.42. The van der Waals surface area contributed by atoms with Gasteiger partial charge in [0.05, 0.1) is 0 Å². The van der Waals surface area contributed by atoms with Crippen LogP contribution in [0.5, 0.6) is 0 Å². The van der Waals surface area contributed by atoms with Crippen LogP contribution in [0.1, 0.15) is 6.42 Å². The van der Waals surface area contributed by atoms with Crippen molar-refractivity contribution < 1.29 is 27.9 Å². The first-order chi connectivity index (χ1) is 6.79. The number of terminal acetylenes is 1. The normalized spacial score (nSPS) is 10.5. The van der Waals surface area contributed by atoms with Crippen molar-refractivity contribution in [3.05, 3.63) is 0 Å². The van der Waals surface area contributed by atoms with E-state index >= 15 is 0 Å². The van der Waals surface area contributed by atoms with Crippen LogP contribution in [0.4, 0.5) is 13.2 Å². The zero-order valence-corrected chi connectivity index (χ0v) is 7.54. The molecule has 1 N–H and O–H groups in total. The van der Waals surface area contributed by atoms with Crippen LogP contribution in [0.2, 0.25) is 0 Å². The first kappa shape index (κ1) is 13.3. The van der Waals surface area contributed by atoms with Gasteiger partial charge in [0.2, 0.25) is 0 Å². The molecule has 0 unspecified atom stereocenters. The minimum Gasteiger partial charge on any atom is -0.480 e. The summed E-state index contributed by atoms with van der Waals surface area (Å²) in [6, 6.07) is 0. The van der Waals surface area contributed by atoms with E-state index in [1.807, 2.05) is 5.92 Å². The van der Waals surface area contributed by atoms with E-state index in [0.29, 0.717) is 0 Å². The fraction of sp³-hybridized carbons (Fsp3) is 0.500. The fourth-order valence-electron chi connectivity index (χ4n) is 0.794. The minimum absolute atomic E-state index is 0.130. The van der Waals surface area contributed by atoms with Crippen molar-refractivity contribution in [2.24, 2.45) is 0 Å². The van der Waals surface area contributed by atoms with E-state index in [1.165, 1.54) is 0 Å². The van der Waals surface area contributed by atoms with Gasteiger partial charge in [-0.2, -0.15) is 13.2 Å². The summed E-state index contributed by atoms with van der Waals surface area (Å²) >= 11 is 0. The zero-order valence-electron chi connectivity index (χ0n) is 7.54. The number of nitrogens with zero attached hydrogens (tertiary/aromatic N) is 1. The van der Waals surface area contributed by atoms with Gasteiger partial charge in [-0.15, -0.1) is 12.3 Å². The van der Waals surface area contributed by atoms with Gasteiger partial charge < -0.3 is 10.0 Å². The maximum Gasteiger partial charge on any atom is 0.471 e. The number of carbonyl (C=O) groups is 2. The molecule has 0 saturated carbocycles. The predicted molar refractivity (Wildman–Crippen MR) is 43.7 cm³/mol. The zero-order chi connectivity index (χ0) is 12.1. The number of carbonyl (C=O) groups excluding carboxylic acids is 1. The van der Waals surface area contributed by atoms with Crippen molar-refractivity contribution in [2.45, 2.75) is 12.6 Å². The molecule has 1 amide bonds. The lowest BCUT2D eigenvalue weighted by atomic mass is 10.3. The van der Waals surface area contributed by atoms with Gasteiger partial charge in [0.25, 0.3) is 0 Å². The molecule has 0 aliphatic carbocycles. The molecule has 4 nitrogen and oxygen atoms in total. The van der Waals surface area contributed by atoms with Crippen molar-refractivity contribution in [1.29, 1.82) is 0 Å². The van der Waals surface area contributed by atoms with Gasteiger partial charge in [-0.25, -0.2) is 0 Å². The third-order valence-electron chi connectivity index (χ3n) is 1.38. The molecule has 0 bridgehead atoms. The van der Waals surface area contributed by atoms with Crippen molar-refractivity contribution in [3.8, 4) is 12.3 Å². The predicted octanol–water partition coefficient (Wildman–Crippen LogP) is 0.485. The summed E-state index contributed by atoms with van der Waals surface area (Å²) in [4.78, 5) is 21.0. The molecule has 15 heavy (non-hydrogen) atoms. The van der Waals surface area contributed by atoms with Crippen LogP contribution in [-0.4, -0.2) is 41.1 Å². The van der Waals surface area contributed by atoms with Gasteiger partial charge in [0.1, 0.15) is 6.54 Å². The molecule has 0 aliphatic heterocycles. The SMILES string of the molecule is C#CCCN(CC(=O)O)C(=O)C(F)(F)F. The van der Waals surface area contributed by atoms with Gasteiger partial charge in [-0.05, 0) is 0 Å². The quantitative estimate of drug-likeness (QED) is 0.705. The second kappa shape index (κ2) is 5.24. The van der Waals surface area contributed by atoms with E-state index in [2.05, 4.69) is 0 Å². The Kier molecular flexibility index (Phi) is 4.64. The summed E-state index contributed by atoms with van der Waals surface area (Å²) in [6.45, 7) is -1.44. The molecule has 0 aromatic heterocycles. The van der Waals surface area contributed by atoms with E-state index in [0.717, 1.165) is 0 Å². The number of aliphatic carboxylic acids is 1. The third kappa shape index (κ3) is 4.90. The molecule has 0 aromatic rings. The van der Waals surface area contributed by atoms with Gasteiger partial charge >= 0.3 is 18.1 Å². The summed E-state index contributed by atoms with van der Waals surface area (Å²) in [5.74, 6) is -1.69. The molecule has 0 heterocycles. The van der Waals surface area contributed by atoms with E-state index in [-0.39, 0.29) is 11.3 Å². The third-order valence-corrected chi connectivity index (χ3v) is 1.38. The van der Waals surface area contributed by atoms with E-state index < -0.39 is 31.1 Å². The Hall–Kier alpha value is -1.71. The highest BCUT2D eigenvalue weighted by Crippen LogP contribution is 2.18. The summed E-state index contributed by atoms with van der Waals surface area (Å²) in [6.07, 6.45) is -0.409.